The Morgan fingerprint density at radius 3 is 2.32 bits per heavy atom. The molecule has 1 aromatic heterocycles. The van der Waals surface area contributed by atoms with Crippen LogP contribution in [0.25, 0.3) is 0 Å². The lowest BCUT2D eigenvalue weighted by atomic mass is 9.85. The van der Waals surface area contributed by atoms with Crippen molar-refractivity contribution in [3.8, 4) is 0 Å². The van der Waals surface area contributed by atoms with Crippen molar-refractivity contribution in [2.45, 2.75) is 70.5 Å². The molecule has 34 heavy (non-hydrogen) atoms. The Balaban J connectivity index is 1.60. The number of fused-ring (bicyclic) bond motifs is 1. The number of nitrogens with zero attached hydrogens (tertiary/aromatic N) is 3. The zero-order chi connectivity index (χ0) is 24.7. The number of benzene rings is 1. The molecule has 4 rings (SSSR count). The molecule has 2 aliphatic rings. The molecule has 1 amide bonds. The molecule has 1 saturated carbocycles. The lowest BCUT2D eigenvalue weighted by molar-refractivity contribution is -0.137. The highest BCUT2D eigenvalue weighted by Gasteiger charge is 2.39. The highest BCUT2D eigenvalue weighted by atomic mass is 19.4. The number of hydrogen-bond acceptors (Lipinski definition) is 7. The SMILES string of the molecule is CC(C)(C)Nc1ncc2c(n1)N(C1CCC(C(N)=O)CC1)C(Nc1ccc(C(F)(F)F)cc1)N2. The molecule has 1 unspecified atom stereocenters. The zero-order valence-electron chi connectivity index (χ0n) is 19.4. The van der Waals surface area contributed by atoms with Crippen LogP contribution in [0.5, 0.6) is 0 Å². The van der Waals surface area contributed by atoms with Crippen LogP contribution >= 0.6 is 0 Å². The number of alkyl halides is 3. The highest BCUT2D eigenvalue weighted by molar-refractivity contribution is 5.77. The number of rotatable bonds is 5. The first-order valence-electron chi connectivity index (χ1n) is 11.3. The van der Waals surface area contributed by atoms with Gasteiger partial charge in [0.1, 0.15) is 0 Å². The second-order valence-corrected chi connectivity index (χ2v) is 9.89. The van der Waals surface area contributed by atoms with E-state index in [9.17, 15) is 18.0 Å². The third-order valence-corrected chi connectivity index (χ3v) is 6.08. The van der Waals surface area contributed by atoms with Gasteiger partial charge in [-0.3, -0.25) is 4.79 Å². The first-order chi connectivity index (χ1) is 15.9. The number of nitrogens with one attached hydrogen (secondary N) is 3. The Labute approximate surface area is 196 Å². The summed E-state index contributed by atoms with van der Waals surface area (Å²) >= 11 is 0. The van der Waals surface area contributed by atoms with Crippen molar-refractivity contribution in [3.05, 3.63) is 36.0 Å². The second kappa shape index (κ2) is 8.84. The molecule has 0 saturated heterocycles. The molecule has 1 aromatic carbocycles. The van der Waals surface area contributed by atoms with Gasteiger partial charge in [0, 0.05) is 23.2 Å². The molecular formula is C23H30F3N7O. The number of anilines is 4. The van der Waals surface area contributed by atoms with E-state index >= 15 is 0 Å². The molecular weight excluding hydrogens is 447 g/mol. The van der Waals surface area contributed by atoms with Crippen LogP contribution in [0.15, 0.2) is 30.5 Å². The molecule has 0 spiro atoms. The quantitative estimate of drug-likeness (QED) is 0.506. The van der Waals surface area contributed by atoms with Gasteiger partial charge >= 0.3 is 6.18 Å². The minimum atomic E-state index is -4.39. The normalized spacial score (nSPS) is 22.6. The average molecular weight is 478 g/mol. The highest BCUT2D eigenvalue weighted by Crippen LogP contribution is 2.40. The van der Waals surface area contributed by atoms with E-state index in [-0.39, 0.29) is 23.4 Å². The van der Waals surface area contributed by atoms with E-state index in [0.29, 0.717) is 30.3 Å². The van der Waals surface area contributed by atoms with Crippen molar-refractivity contribution >= 4 is 29.0 Å². The maximum absolute atomic E-state index is 13.0. The molecule has 1 aliphatic heterocycles. The van der Waals surface area contributed by atoms with E-state index in [0.717, 1.165) is 30.7 Å². The van der Waals surface area contributed by atoms with E-state index in [2.05, 4.69) is 25.8 Å². The summed E-state index contributed by atoms with van der Waals surface area (Å²) in [7, 11) is 0. The summed E-state index contributed by atoms with van der Waals surface area (Å²) in [6, 6.07) is 4.99. The Morgan fingerprint density at radius 2 is 1.76 bits per heavy atom. The smallest absolute Gasteiger partial charge is 0.369 e. The summed E-state index contributed by atoms with van der Waals surface area (Å²) in [4.78, 5) is 22.9. The Bertz CT molecular complexity index is 1030. The Kier molecular flexibility index (Phi) is 6.22. The van der Waals surface area contributed by atoms with Crippen LogP contribution < -0.4 is 26.6 Å². The fourth-order valence-electron chi connectivity index (χ4n) is 4.45. The number of hydrogen-bond donors (Lipinski definition) is 4. The molecule has 184 valence electrons. The van der Waals surface area contributed by atoms with E-state index in [1.807, 2.05) is 20.8 Å². The van der Waals surface area contributed by atoms with Crippen LogP contribution in [0.4, 0.5) is 36.3 Å². The molecule has 8 nitrogen and oxygen atoms in total. The Hall–Kier alpha value is -3.24. The first-order valence-corrected chi connectivity index (χ1v) is 11.3. The fourth-order valence-corrected chi connectivity index (χ4v) is 4.45. The average Bonchev–Trinajstić information content (AvgIpc) is 3.09. The second-order valence-electron chi connectivity index (χ2n) is 9.89. The summed E-state index contributed by atoms with van der Waals surface area (Å²) in [5.74, 6) is 0.765. The van der Waals surface area contributed by atoms with Gasteiger partial charge in [0.05, 0.1) is 17.4 Å². The van der Waals surface area contributed by atoms with Gasteiger partial charge in [-0.25, -0.2) is 4.98 Å². The van der Waals surface area contributed by atoms with Gasteiger partial charge in [0.15, 0.2) is 12.1 Å². The minimum absolute atomic E-state index is 0.0636. The number of carbonyl (C=O) groups excluding carboxylic acids is 1. The predicted octanol–water partition coefficient (Wildman–Crippen LogP) is 4.38. The van der Waals surface area contributed by atoms with Crippen LogP contribution in [0.3, 0.4) is 0 Å². The van der Waals surface area contributed by atoms with Gasteiger partial charge in [-0.05, 0) is 70.7 Å². The number of nitrogens with two attached hydrogens (primary N) is 1. The van der Waals surface area contributed by atoms with Gasteiger partial charge in [-0.1, -0.05) is 0 Å². The molecule has 11 heteroatoms. The molecule has 1 atom stereocenters. The standard InChI is InChI=1S/C23H30F3N7O/c1-22(2,3)32-20-28-12-17-19(31-20)33(16-10-4-13(5-11-16)18(27)34)21(30-17)29-15-8-6-14(7-9-15)23(24,25)26/h6-9,12-13,16,21,29-30H,4-5,10-11H2,1-3H3,(H2,27,34)(H,28,31,32). The zero-order valence-corrected chi connectivity index (χ0v) is 19.4. The molecule has 2 aromatic rings. The number of carbonyl (C=O) groups is 1. The van der Waals surface area contributed by atoms with E-state index in [4.69, 9.17) is 10.7 Å². The lowest BCUT2D eigenvalue weighted by Crippen LogP contribution is -2.50. The summed E-state index contributed by atoms with van der Waals surface area (Å²) in [5, 5.41) is 9.91. The fraction of sp³-hybridized carbons (Fsp3) is 0.522. The Morgan fingerprint density at radius 1 is 1.12 bits per heavy atom. The van der Waals surface area contributed by atoms with Crippen LogP contribution in [0.2, 0.25) is 0 Å². The van der Waals surface area contributed by atoms with Crippen molar-refractivity contribution < 1.29 is 18.0 Å². The van der Waals surface area contributed by atoms with Crippen LogP contribution in [0, 0.1) is 5.92 Å². The van der Waals surface area contributed by atoms with Gasteiger partial charge in [0.2, 0.25) is 11.9 Å². The third kappa shape index (κ3) is 5.28. The first kappa shape index (κ1) is 23.9. The largest absolute Gasteiger partial charge is 0.416 e. The number of amides is 1. The summed E-state index contributed by atoms with van der Waals surface area (Å²) < 4.78 is 38.9. The maximum Gasteiger partial charge on any atom is 0.416 e. The molecule has 1 fully saturated rings. The minimum Gasteiger partial charge on any atom is -0.369 e. The third-order valence-electron chi connectivity index (χ3n) is 6.08. The number of halogens is 3. The van der Waals surface area contributed by atoms with Crippen molar-refractivity contribution in [1.82, 2.24) is 9.97 Å². The van der Waals surface area contributed by atoms with E-state index in [1.165, 1.54) is 12.1 Å². The molecule has 2 heterocycles. The van der Waals surface area contributed by atoms with Crippen molar-refractivity contribution in [3.63, 3.8) is 0 Å². The summed E-state index contributed by atoms with van der Waals surface area (Å²) in [6.07, 6.45) is -0.294. The van der Waals surface area contributed by atoms with E-state index in [1.54, 1.807) is 6.20 Å². The van der Waals surface area contributed by atoms with Crippen LogP contribution in [-0.4, -0.2) is 33.7 Å². The predicted molar refractivity (Wildman–Crippen MR) is 125 cm³/mol. The molecule has 0 bridgehead atoms. The molecule has 5 N–H and O–H groups in total. The van der Waals surface area contributed by atoms with Crippen LogP contribution in [-0.2, 0) is 11.0 Å². The number of primary amides is 1. The topological polar surface area (TPSA) is 108 Å². The van der Waals surface area contributed by atoms with Gasteiger partial charge in [-0.15, -0.1) is 0 Å². The van der Waals surface area contributed by atoms with Crippen molar-refractivity contribution in [1.29, 1.82) is 0 Å². The van der Waals surface area contributed by atoms with Gasteiger partial charge in [0.25, 0.3) is 0 Å². The monoisotopic (exact) mass is 477 g/mol. The van der Waals surface area contributed by atoms with Crippen molar-refractivity contribution in [2.75, 3.05) is 20.9 Å². The van der Waals surface area contributed by atoms with Crippen molar-refractivity contribution in [2.24, 2.45) is 11.7 Å². The molecule has 0 radical (unpaired) electrons. The summed E-state index contributed by atoms with van der Waals surface area (Å²) in [6.45, 7) is 6.04. The van der Waals surface area contributed by atoms with Gasteiger partial charge < -0.3 is 26.6 Å². The van der Waals surface area contributed by atoms with Crippen LogP contribution in [0.1, 0.15) is 52.0 Å². The van der Waals surface area contributed by atoms with Gasteiger partial charge in [-0.2, -0.15) is 18.2 Å². The maximum atomic E-state index is 13.0. The lowest BCUT2D eigenvalue weighted by Gasteiger charge is -2.38. The molecule has 1 aliphatic carbocycles. The van der Waals surface area contributed by atoms with E-state index < -0.39 is 18.0 Å². The number of aromatic nitrogens is 2. The summed E-state index contributed by atoms with van der Waals surface area (Å²) in [5.41, 5.74) is 5.83.